The van der Waals surface area contributed by atoms with E-state index in [-0.39, 0.29) is 16.7 Å². The highest BCUT2D eigenvalue weighted by Gasteiger charge is 2.23. The number of thiazole rings is 1. The third-order valence-electron chi connectivity index (χ3n) is 4.56. The van der Waals surface area contributed by atoms with Gasteiger partial charge in [-0.1, -0.05) is 12.1 Å². The number of nitro benzene ring substituents is 1. The maximum absolute atomic E-state index is 10.9. The van der Waals surface area contributed by atoms with Crippen LogP contribution in [0.2, 0.25) is 0 Å². The second-order valence-corrected chi connectivity index (χ2v) is 7.16. The number of aliphatic hydroxyl groups is 1. The van der Waals surface area contributed by atoms with Crippen LogP contribution in [0.4, 0.5) is 5.69 Å². The van der Waals surface area contributed by atoms with E-state index in [4.69, 9.17) is 0 Å². The minimum absolute atomic E-state index is 0.0874. The molecule has 24 heavy (non-hydrogen) atoms. The summed E-state index contributed by atoms with van der Waals surface area (Å²) in [6, 6.07) is 6.60. The van der Waals surface area contributed by atoms with Crippen molar-refractivity contribution in [1.82, 2.24) is 9.88 Å². The molecule has 7 heteroatoms. The van der Waals surface area contributed by atoms with Gasteiger partial charge in [-0.05, 0) is 38.8 Å². The second-order valence-electron chi connectivity index (χ2n) is 6.31. The van der Waals surface area contributed by atoms with E-state index < -0.39 is 0 Å². The number of aromatic nitrogens is 1. The Morgan fingerprint density at radius 1 is 1.46 bits per heavy atom. The number of benzene rings is 1. The van der Waals surface area contributed by atoms with Crippen molar-refractivity contribution in [1.29, 1.82) is 0 Å². The summed E-state index contributed by atoms with van der Waals surface area (Å²) < 4.78 is 0. The molecule has 2 heterocycles. The van der Waals surface area contributed by atoms with E-state index >= 15 is 0 Å². The van der Waals surface area contributed by atoms with Gasteiger partial charge >= 0.3 is 0 Å². The van der Waals surface area contributed by atoms with Crippen molar-refractivity contribution >= 4 is 17.0 Å². The fourth-order valence-electron chi connectivity index (χ4n) is 3.09. The molecule has 1 unspecified atom stereocenters. The van der Waals surface area contributed by atoms with Crippen LogP contribution in [0.15, 0.2) is 29.6 Å². The Bertz CT molecular complexity index is 709. The van der Waals surface area contributed by atoms with Gasteiger partial charge in [0, 0.05) is 29.6 Å². The summed E-state index contributed by atoms with van der Waals surface area (Å²) >= 11 is 1.52. The maximum atomic E-state index is 10.9. The lowest BCUT2D eigenvalue weighted by molar-refractivity contribution is -0.384. The van der Waals surface area contributed by atoms with Gasteiger partial charge in [-0.2, -0.15) is 0 Å². The molecule has 1 aromatic heterocycles. The highest BCUT2D eigenvalue weighted by Crippen LogP contribution is 2.28. The van der Waals surface area contributed by atoms with Crippen LogP contribution in [0.1, 0.15) is 25.5 Å². The Morgan fingerprint density at radius 3 is 2.88 bits per heavy atom. The molecule has 128 valence electrons. The Kier molecular flexibility index (Phi) is 5.23. The summed E-state index contributed by atoms with van der Waals surface area (Å²) in [6.45, 7) is 4.60. The predicted octanol–water partition coefficient (Wildman–Crippen LogP) is 3.31. The molecule has 0 radical (unpaired) electrons. The van der Waals surface area contributed by atoms with Crippen LogP contribution in [0, 0.1) is 16.0 Å². The van der Waals surface area contributed by atoms with Crippen LogP contribution in [0.5, 0.6) is 0 Å². The molecule has 0 amide bonds. The van der Waals surface area contributed by atoms with E-state index in [0.29, 0.717) is 5.92 Å². The van der Waals surface area contributed by atoms with Gasteiger partial charge in [0.1, 0.15) is 5.01 Å². The molecule has 0 spiro atoms. The van der Waals surface area contributed by atoms with Gasteiger partial charge in [0.25, 0.3) is 5.69 Å². The minimum Gasteiger partial charge on any atom is -0.393 e. The Hall–Kier alpha value is -1.83. The van der Waals surface area contributed by atoms with Crippen molar-refractivity contribution in [3.63, 3.8) is 0 Å². The van der Waals surface area contributed by atoms with Crippen molar-refractivity contribution in [2.24, 2.45) is 5.92 Å². The van der Waals surface area contributed by atoms with Crippen molar-refractivity contribution in [2.45, 2.75) is 32.4 Å². The molecule has 1 fully saturated rings. The maximum Gasteiger partial charge on any atom is 0.270 e. The number of non-ortho nitro benzene ring substituents is 1. The highest BCUT2D eigenvalue weighted by molar-refractivity contribution is 7.13. The first-order valence-corrected chi connectivity index (χ1v) is 9.00. The highest BCUT2D eigenvalue weighted by atomic mass is 32.1. The van der Waals surface area contributed by atoms with E-state index in [2.05, 4.69) is 9.88 Å². The van der Waals surface area contributed by atoms with Crippen molar-refractivity contribution in [3.8, 4) is 10.6 Å². The fourth-order valence-corrected chi connectivity index (χ4v) is 3.90. The van der Waals surface area contributed by atoms with Crippen LogP contribution < -0.4 is 0 Å². The number of likely N-dealkylation sites (tertiary alicyclic amines) is 1. The number of hydrogen-bond acceptors (Lipinski definition) is 6. The van der Waals surface area contributed by atoms with E-state index in [1.165, 1.54) is 17.4 Å². The minimum atomic E-state index is -0.385. The summed E-state index contributed by atoms with van der Waals surface area (Å²) in [5.74, 6) is 0.400. The molecule has 0 saturated carbocycles. The van der Waals surface area contributed by atoms with Crippen LogP contribution >= 0.6 is 11.3 Å². The molecule has 1 aliphatic heterocycles. The molecule has 3 rings (SSSR count). The number of nitro groups is 1. The van der Waals surface area contributed by atoms with Gasteiger partial charge in [0.15, 0.2) is 0 Å². The number of rotatable bonds is 5. The molecule has 1 N–H and O–H groups in total. The summed E-state index contributed by atoms with van der Waals surface area (Å²) in [4.78, 5) is 17.5. The summed E-state index contributed by atoms with van der Waals surface area (Å²) in [6.07, 6.45) is 1.80. The second kappa shape index (κ2) is 7.38. The molecule has 1 atom stereocenters. The number of hydrogen-bond donors (Lipinski definition) is 1. The molecule has 1 aromatic carbocycles. The number of aliphatic hydroxyl groups excluding tert-OH is 1. The first-order chi connectivity index (χ1) is 11.5. The first kappa shape index (κ1) is 17.0. The lowest BCUT2D eigenvalue weighted by Crippen LogP contribution is -2.36. The molecule has 1 aliphatic rings. The molecular weight excluding hydrogens is 326 g/mol. The monoisotopic (exact) mass is 347 g/mol. The average molecular weight is 347 g/mol. The van der Waals surface area contributed by atoms with Crippen molar-refractivity contribution < 1.29 is 10.0 Å². The van der Waals surface area contributed by atoms with Crippen LogP contribution in [-0.4, -0.2) is 39.1 Å². The Balaban J connectivity index is 1.64. The van der Waals surface area contributed by atoms with Gasteiger partial charge in [-0.25, -0.2) is 4.98 Å². The normalized spacial score (nSPS) is 17.8. The van der Waals surface area contributed by atoms with Gasteiger partial charge < -0.3 is 5.11 Å². The Labute approximate surface area is 144 Å². The molecule has 2 aromatic rings. The lowest BCUT2D eigenvalue weighted by Gasteiger charge is -2.32. The summed E-state index contributed by atoms with van der Waals surface area (Å²) in [7, 11) is 0. The number of piperidine rings is 1. The topological polar surface area (TPSA) is 79.5 Å². The molecule has 1 saturated heterocycles. The summed E-state index contributed by atoms with van der Waals surface area (Å²) in [5, 5.41) is 23.4. The van der Waals surface area contributed by atoms with Crippen LogP contribution in [0.3, 0.4) is 0 Å². The standard InChI is InChI=1S/C17H21N3O3S/c1-12(21)13-5-7-19(8-6-13)10-15-11-24-17(18-15)14-3-2-4-16(9-14)20(22)23/h2-4,9,11-13,21H,5-8,10H2,1H3. The predicted molar refractivity (Wildman–Crippen MR) is 93.9 cm³/mol. The SMILES string of the molecule is CC(O)C1CCN(Cc2csc(-c3cccc([N+](=O)[O-])c3)n2)CC1. The first-order valence-electron chi connectivity index (χ1n) is 8.12. The zero-order valence-corrected chi connectivity index (χ0v) is 14.4. The fraction of sp³-hybridized carbons (Fsp3) is 0.471. The largest absolute Gasteiger partial charge is 0.393 e. The zero-order chi connectivity index (χ0) is 17.1. The van der Waals surface area contributed by atoms with Crippen LogP contribution in [-0.2, 0) is 6.54 Å². The van der Waals surface area contributed by atoms with E-state index in [1.807, 2.05) is 18.4 Å². The van der Waals surface area contributed by atoms with Crippen LogP contribution in [0.25, 0.3) is 10.6 Å². The van der Waals surface area contributed by atoms with E-state index in [1.54, 1.807) is 12.1 Å². The number of nitrogens with zero attached hydrogens (tertiary/aromatic N) is 3. The van der Waals surface area contributed by atoms with E-state index in [9.17, 15) is 15.2 Å². The van der Waals surface area contributed by atoms with Gasteiger partial charge in [-0.15, -0.1) is 11.3 Å². The quantitative estimate of drug-likeness (QED) is 0.663. The molecule has 0 aliphatic carbocycles. The smallest absolute Gasteiger partial charge is 0.270 e. The van der Waals surface area contributed by atoms with Gasteiger partial charge in [-0.3, -0.25) is 15.0 Å². The van der Waals surface area contributed by atoms with Crippen molar-refractivity contribution in [2.75, 3.05) is 13.1 Å². The average Bonchev–Trinajstić information content (AvgIpc) is 3.04. The molecule has 6 nitrogen and oxygen atoms in total. The van der Waals surface area contributed by atoms with E-state index in [0.717, 1.165) is 48.7 Å². The zero-order valence-electron chi connectivity index (χ0n) is 13.6. The lowest BCUT2D eigenvalue weighted by atomic mass is 9.92. The van der Waals surface area contributed by atoms with Gasteiger partial charge in [0.2, 0.25) is 0 Å². The molecular formula is C17H21N3O3S. The summed E-state index contributed by atoms with van der Waals surface area (Å²) in [5.41, 5.74) is 1.87. The third kappa shape index (κ3) is 3.98. The Morgan fingerprint density at radius 2 is 2.21 bits per heavy atom. The van der Waals surface area contributed by atoms with Crippen molar-refractivity contribution in [3.05, 3.63) is 45.5 Å². The van der Waals surface area contributed by atoms with Gasteiger partial charge in [0.05, 0.1) is 16.7 Å². The third-order valence-corrected chi connectivity index (χ3v) is 5.50. The molecule has 0 bridgehead atoms.